The first-order valence-corrected chi connectivity index (χ1v) is 10.8. The van der Waals surface area contributed by atoms with Gasteiger partial charge in [0.15, 0.2) is 6.29 Å². The molecule has 3 fully saturated rings. The zero-order chi connectivity index (χ0) is 20.7. The molecule has 2 atom stereocenters. The molecule has 1 aromatic rings. The van der Waals surface area contributed by atoms with Gasteiger partial charge in [0.1, 0.15) is 0 Å². The quantitative estimate of drug-likeness (QED) is 0.699. The lowest BCUT2D eigenvalue weighted by Gasteiger charge is -2.38. The van der Waals surface area contributed by atoms with Gasteiger partial charge in [0.2, 0.25) is 0 Å². The van der Waals surface area contributed by atoms with Crippen molar-refractivity contribution in [2.24, 2.45) is 0 Å². The number of benzene rings is 1. The molecule has 5 rings (SSSR count). The van der Waals surface area contributed by atoms with Crippen molar-refractivity contribution in [3.63, 3.8) is 0 Å². The van der Waals surface area contributed by atoms with Gasteiger partial charge in [0.05, 0.1) is 43.0 Å². The number of hydrogen-bond donors (Lipinski definition) is 0. The predicted molar refractivity (Wildman–Crippen MR) is 105 cm³/mol. The minimum Gasteiger partial charge on any atom is -0.376 e. The average molecular weight is 414 g/mol. The molecule has 0 spiro atoms. The number of carbonyl (C=O) groups is 3. The molecule has 0 saturated carbocycles. The van der Waals surface area contributed by atoms with Gasteiger partial charge in [-0.1, -0.05) is 0 Å². The summed E-state index contributed by atoms with van der Waals surface area (Å²) < 4.78 is 16.9. The highest BCUT2D eigenvalue weighted by atomic mass is 16.7. The van der Waals surface area contributed by atoms with Crippen LogP contribution in [-0.2, 0) is 14.2 Å². The van der Waals surface area contributed by atoms with Gasteiger partial charge < -0.3 is 19.1 Å². The van der Waals surface area contributed by atoms with E-state index in [0.717, 1.165) is 32.1 Å². The summed E-state index contributed by atoms with van der Waals surface area (Å²) in [7, 11) is 0. The topological polar surface area (TPSA) is 85.4 Å². The van der Waals surface area contributed by atoms with Gasteiger partial charge in [0.25, 0.3) is 17.7 Å². The van der Waals surface area contributed by atoms with E-state index in [1.54, 1.807) is 23.1 Å². The number of piperidine rings is 1. The summed E-state index contributed by atoms with van der Waals surface area (Å²) >= 11 is 0. The lowest BCUT2D eigenvalue weighted by Crippen LogP contribution is -2.50. The first-order valence-electron chi connectivity index (χ1n) is 10.8. The van der Waals surface area contributed by atoms with E-state index in [9.17, 15) is 14.4 Å². The molecule has 3 saturated heterocycles. The van der Waals surface area contributed by atoms with Gasteiger partial charge in [0, 0.05) is 18.7 Å². The molecule has 0 aromatic heterocycles. The van der Waals surface area contributed by atoms with Crippen molar-refractivity contribution < 1.29 is 28.6 Å². The third-order valence-electron chi connectivity index (χ3n) is 6.40. The number of likely N-dealkylation sites (tertiary alicyclic amines) is 1. The Labute approximate surface area is 175 Å². The van der Waals surface area contributed by atoms with Crippen LogP contribution in [0.4, 0.5) is 0 Å². The summed E-state index contributed by atoms with van der Waals surface area (Å²) in [6, 6.07) is 4.68. The molecule has 0 radical (unpaired) electrons. The van der Waals surface area contributed by atoms with E-state index in [1.165, 1.54) is 4.90 Å². The second-order valence-corrected chi connectivity index (χ2v) is 8.29. The van der Waals surface area contributed by atoms with Gasteiger partial charge in [-0.15, -0.1) is 0 Å². The third-order valence-corrected chi connectivity index (χ3v) is 6.40. The van der Waals surface area contributed by atoms with Crippen molar-refractivity contribution in [2.75, 3.05) is 32.9 Å². The second kappa shape index (κ2) is 8.09. The fourth-order valence-electron chi connectivity index (χ4n) is 4.84. The molecule has 1 aromatic carbocycles. The molecule has 160 valence electrons. The minimum atomic E-state index is -0.395. The monoisotopic (exact) mass is 414 g/mol. The lowest BCUT2D eigenvalue weighted by atomic mass is 9.99. The van der Waals surface area contributed by atoms with Gasteiger partial charge in [-0.3, -0.25) is 19.3 Å². The number of rotatable bonds is 4. The maximum absolute atomic E-state index is 13.3. The standard InChI is InChI=1S/C22H26N2O6/c25-19(23-8-2-1-5-18(23)22-29-10-11-30-22)14-6-7-16-17(12-14)21(27)24(20(16)26)13-15-4-3-9-28-15/h6-7,12,15,18,22H,1-5,8-11,13H2. The van der Waals surface area contributed by atoms with Crippen LogP contribution < -0.4 is 0 Å². The van der Waals surface area contributed by atoms with Crippen LogP contribution in [0, 0.1) is 0 Å². The Hall–Kier alpha value is -2.29. The fraction of sp³-hybridized carbons (Fsp3) is 0.591. The van der Waals surface area contributed by atoms with Gasteiger partial charge in [-0.2, -0.15) is 0 Å². The van der Waals surface area contributed by atoms with Gasteiger partial charge in [-0.05, 0) is 50.3 Å². The van der Waals surface area contributed by atoms with Crippen LogP contribution in [0.5, 0.6) is 0 Å². The first-order chi connectivity index (χ1) is 14.6. The molecule has 4 heterocycles. The zero-order valence-electron chi connectivity index (χ0n) is 16.9. The summed E-state index contributed by atoms with van der Waals surface area (Å²) in [5, 5.41) is 0. The molecule has 8 nitrogen and oxygen atoms in total. The largest absolute Gasteiger partial charge is 0.376 e. The van der Waals surface area contributed by atoms with Crippen molar-refractivity contribution in [1.82, 2.24) is 9.80 Å². The van der Waals surface area contributed by atoms with Crippen LogP contribution in [-0.4, -0.2) is 78.9 Å². The van der Waals surface area contributed by atoms with E-state index in [0.29, 0.717) is 43.1 Å². The van der Waals surface area contributed by atoms with Crippen molar-refractivity contribution in [3.8, 4) is 0 Å². The highest BCUT2D eigenvalue weighted by molar-refractivity contribution is 6.22. The van der Waals surface area contributed by atoms with E-state index in [1.807, 2.05) is 0 Å². The molecular weight excluding hydrogens is 388 g/mol. The highest BCUT2D eigenvalue weighted by Gasteiger charge is 2.40. The number of imide groups is 1. The van der Waals surface area contributed by atoms with Crippen LogP contribution >= 0.6 is 0 Å². The Morgan fingerprint density at radius 2 is 1.73 bits per heavy atom. The van der Waals surface area contributed by atoms with Gasteiger partial charge in [-0.25, -0.2) is 0 Å². The zero-order valence-corrected chi connectivity index (χ0v) is 16.9. The molecule has 0 bridgehead atoms. The number of amides is 3. The Morgan fingerprint density at radius 3 is 2.50 bits per heavy atom. The van der Waals surface area contributed by atoms with Crippen molar-refractivity contribution in [3.05, 3.63) is 34.9 Å². The van der Waals surface area contributed by atoms with Crippen LogP contribution in [0.25, 0.3) is 0 Å². The summed E-state index contributed by atoms with van der Waals surface area (Å²) in [6.45, 7) is 2.64. The smallest absolute Gasteiger partial charge is 0.261 e. The third kappa shape index (κ3) is 3.42. The maximum Gasteiger partial charge on any atom is 0.261 e. The fourth-order valence-corrected chi connectivity index (χ4v) is 4.84. The summed E-state index contributed by atoms with van der Waals surface area (Å²) in [5.41, 5.74) is 1.07. The van der Waals surface area contributed by atoms with E-state index < -0.39 is 6.29 Å². The Balaban J connectivity index is 1.36. The predicted octanol–water partition coefficient (Wildman–Crippen LogP) is 1.83. The molecule has 8 heteroatoms. The number of ether oxygens (including phenoxy) is 3. The molecule has 30 heavy (non-hydrogen) atoms. The van der Waals surface area contributed by atoms with Crippen LogP contribution in [0.15, 0.2) is 18.2 Å². The lowest BCUT2D eigenvalue weighted by molar-refractivity contribution is -0.100. The summed E-state index contributed by atoms with van der Waals surface area (Å²) in [4.78, 5) is 42.0. The molecule has 2 unspecified atom stereocenters. The Bertz CT molecular complexity index is 859. The van der Waals surface area contributed by atoms with Gasteiger partial charge >= 0.3 is 0 Å². The van der Waals surface area contributed by atoms with Crippen molar-refractivity contribution >= 4 is 17.7 Å². The van der Waals surface area contributed by atoms with Crippen molar-refractivity contribution in [1.29, 1.82) is 0 Å². The van der Waals surface area contributed by atoms with E-state index in [-0.39, 0.29) is 36.4 Å². The molecule has 0 aliphatic carbocycles. The molecular formula is C22H26N2O6. The molecule has 4 aliphatic rings. The maximum atomic E-state index is 13.3. The van der Waals surface area contributed by atoms with Crippen LogP contribution in [0.2, 0.25) is 0 Å². The molecule has 0 N–H and O–H groups in total. The first kappa shape index (κ1) is 19.7. The molecule has 3 amide bonds. The second-order valence-electron chi connectivity index (χ2n) is 8.29. The Morgan fingerprint density at radius 1 is 0.933 bits per heavy atom. The van der Waals surface area contributed by atoms with E-state index >= 15 is 0 Å². The number of fused-ring (bicyclic) bond motifs is 1. The number of nitrogens with zero attached hydrogens (tertiary/aromatic N) is 2. The molecule has 4 aliphatic heterocycles. The van der Waals surface area contributed by atoms with Crippen LogP contribution in [0.3, 0.4) is 0 Å². The van der Waals surface area contributed by atoms with Crippen molar-refractivity contribution in [2.45, 2.75) is 50.5 Å². The highest BCUT2D eigenvalue weighted by Crippen LogP contribution is 2.29. The minimum absolute atomic E-state index is 0.103. The normalized spacial score (nSPS) is 27.2. The SMILES string of the molecule is O=C1c2ccc(C(=O)N3CCCCC3C3OCCO3)cc2C(=O)N1CC1CCCO1. The number of carbonyl (C=O) groups excluding carboxylic acids is 3. The summed E-state index contributed by atoms with van der Waals surface area (Å²) in [6.07, 6.45) is 4.06. The van der Waals surface area contributed by atoms with E-state index in [2.05, 4.69) is 0 Å². The average Bonchev–Trinajstić information content (AvgIpc) is 3.53. The van der Waals surface area contributed by atoms with Crippen LogP contribution in [0.1, 0.15) is 63.2 Å². The number of hydrogen-bond acceptors (Lipinski definition) is 6. The Kier molecular flexibility index (Phi) is 5.30. The summed E-state index contributed by atoms with van der Waals surface area (Å²) in [5.74, 6) is -0.815. The van der Waals surface area contributed by atoms with E-state index in [4.69, 9.17) is 14.2 Å².